The van der Waals surface area contributed by atoms with Crippen molar-refractivity contribution in [3.05, 3.63) is 12.8 Å². The number of hydrogen-bond donors (Lipinski definition) is 2. The van der Waals surface area contributed by atoms with Crippen molar-refractivity contribution >= 4 is 15.6 Å². The van der Waals surface area contributed by atoms with E-state index >= 15 is 0 Å². The average Bonchev–Trinajstić information content (AvgIpc) is 2.16. The zero-order valence-electron chi connectivity index (χ0n) is 8.76. The van der Waals surface area contributed by atoms with E-state index in [1.165, 1.54) is 0 Å². The van der Waals surface area contributed by atoms with E-state index < -0.39 is 34.8 Å². The van der Waals surface area contributed by atoms with E-state index in [4.69, 9.17) is 10.6 Å². The quantitative estimate of drug-likeness (QED) is 0.388. The third-order valence-electron chi connectivity index (χ3n) is 1.48. The Morgan fingerprint density at radius 1 is 1.35 bits per heavy atom. The van der Waals surface area contributed by atoms with E-state index in [-0.39, 0.29) is 6.54 Å². The van der Waals surface area contributed by atoms with Gasteiger partial charge in [-0.05, 0) is 6.54 Å². The van der Waals surface area contributed by atoms with Crippen LogP contribution < -0.4 is 15.5 Å². The van der Waals surface area contributed by atoms with Crippen LogP contribution in [0.2, 0.25) is 0 Å². The highest BCUT2D eigenvalue weighted by atomic mass is 31.2. The number of rotatable bonds is 9. The van der Waals surface area contributed by atoms with Crippen LogP contribution in [-0.2, 0) is 22.7 Å². The minimum atomic E-state index is -4.87. The fourth-order valence-corrected chi connectivity index (χ4v) is 1.74. The summed E-state index contributed by atoms with van der Waals surface area (Å²) in [4.78, 5) is 29.5. The standard InChI is InChI=1S/C6H15NO8P2/c1-2-13-17(11,12)15-5-6(3-7)4-14-16(8,9)10/h2,6H,1,3-5,7H2,(H,11,12)(H2,8,9,10)/p-2. The van der Waals surface area contributed by atoms with Crippen molar-refractivity contribution in [2.75, 3.05) is 19.8 Å². The molecule has 0 aliphatic heterocycles. The number of phosphoric acid groups is 2. The summed E-state index contributed by atoms with van der Waals surface area (Å²) in [5.41, 5.74) is 5.22. The zero-order valence-corrected chi connectivity index (χ0v) is 10.5. The summed E-state index contributed by atoms with van der Waals surface area (Å²) in [7, 11) is -9.38. The van der Waals surface area contributed by atoms with Crippen molar-refractivity contribution in [3.8, 4) is 0 Å². The van der Waals surface area contributed by atoms with Gasteiger partial charge in [-0.2, -0.15) is 0 Å². The van der Waals surface area contributed by atoms with Gasteiger partial charge in [0.15, 0.2) is 0 Å². The maximum Gasteiger partial charge on any atom is 0.319 e. The Morgan fingerprint density at radius 3 is 2.29 bits per heavy atom. The fraction of sp³-hybridized carbons (Fsp3) is 0.667. The molecule has 0 aliphatic rings. The van der Waals surface area contributed by atoms with Gasteiger partial charge >= 0.3 is 7.82 Å². The monoisotopic (exact) mass is 289 g/mol. The minimum Gasteiger partial charge on any atom is -0.756 e. The largest absolute Gasteiger partial charge is 0.756 e. The Balaban J connectivity index is 4.10. The van der Waals surface area contributed by atoms with Gasteiger partial charge in [0.1, 0.15) is 0 Å². The van der Waals surface area contributed by atoms with Crippen LogP contribution in [0.25, 0.3) is 0 Å². The molecule has 0 radical (unpaired) electrons. The van der Waals surface area contributed by atoms with Crippen molar-refractivity contribution in [1.29, 1.82) is 0 Å². The number of phosphoric ester groups is 2. The summed E-state index contributed by atoms with van der Waals surface area (Å²) in [6.45, 7) is 1.99. The third-order valence-corrected chi connectivity index (χ3v) is 2.83. The lowest BCUT2D eigenvalue weighted by Crippen LogP contribution is -2.26. The Hall–Kier alpha value is -0.240. The Morgan fingerprint density at radius 2 is 1.88 bits per heavy atom. The molecule has 0 aromatic rings. The van der Waals surface area contributed by atoms with E-state index in [9.17, 15) is 18.9 Å². The molecule has 0 aromatic heterocycles. The van der Waals surface area contributed by atoms with Crippen molar-refractivity contribution in [3.63, 3.8) is 0 Å². The van der Waals surface area contributed by atoms with Gasteiger partial charge in [0.25, 0.3) is 7.82 Å². The summed E-state index contributed by atoms with van der Waals surface area (Å²) in [5, 5.41) is 0. The Labute approximate surface area is 98.0 Å². The van der Waals surface area contributed by atoms with Crippen molar-refractivity contribution < 1.29 is 37.4 Å². The van der Waals surface area contributed by atoms with Gasteiger partial charge < -0.3 is 34.0 Å². The van der Waals surface area contributed by atoms with Crippen LogP contribution >= 0.6 is 15.6 Å². The summed E-state index contributed by atoms with van der Waals surface area (Å²) in [5.74, 6) is -0.736. The first kappa shape index (κ1) is 16.8. The number of hydrogen-bond acceptors (Lipinski definition) is 8. The van der Waals surface area contributed by atoms with Crippen molar-refractivity contribution in [2.45, 2.75) is 0 Å². The predicted molar refractivity (Wildman–Crippen MR) is 53.2 cm³/mol. The highest BCUT2D eigenvalue weighted by molar-refractivity contribution is 7.46. The molecule has 3 N–H and O–H groups in total. The second-order valence-corrected chi connectivity index (χ2v) is 5.44. The highest BCUT2D eigenvalue weighted by Gasteiger charge is 2.15. The fourth-order valence-electron chi connectivity index (χ4n) is 0.702. The van der Waals surface area contributed by atoms with Crippen LogP contribution in [0, 0.1) is 5.92 Å². The van der Waals surface area contributed by atoms with E-state index in [1.54, 1.807) is 0 Å². The van der Waals surface area contributed by atoms with E-state index in [0.29, 0.717) is 6.26 Å². The molecule has 17 heavy (non-hydrogen) atoms. The predicted octanol–water partition coefficient (Wildman–Crippen LogP) is -1.32. The molecule has 0 amide bonds. The molecule has 102 valence electrons. The topological polar surface area (TPSA) is 154 Å². The second-order valence-electron chi connectivity index (χ2n) is 2.88. The van der Waals surface area contributed by atoms with Crippen LogP contribution in [0.4, 0.5) is 0 Å². The third kappa shape index (κ3) is 9.46. The summed E-state index contributed by atoms with van der Waals surface area (Å²) in [6, 6.07) is 0. The average molecular weight is 289 g/mol. The van der Waals surface area contributed by atoms with Crippen LogP contribution in [0.3, 0.4) is 0 Å². The van der Waals surface area contributed by atoms with Crippen molar-refractivity contribution in [2.24, 2.45) is 11.7 Å². The molecule has 0 aliphatic carbocycles. The molecule has 0 fully saturated rings. The molecule has 0 bridgehead atoms. The van der Waals surface area contributed by atoms with Gasteiger partial charge in [-0.1, -0.05) is 6.58 Å². The zero-order chi connectivity index (χ0) is 13.5. The van der Waals surface area contributed by atoms with Gasteiger partial charge in [0.2, 0.25) is 0 Å². The summed E-state index contributed by atoms with van der Waals surface area (Å²) >= 11 is 0. The van der Waals surface area contributed by atoms with Crippen LogP contribution in [0.15, 0.2) is 12.8 Å². The Bertz CT molecular complexity index is 328. The lowest BCUT2D eigenvalue weighted by Gasteiger charge is -2.25. The maximum absolute atomic E-state index is 10.9. The molecule has 0 heterocycles. The van der Waals surface area contributed by atoms with Crippen molar-refractivity contribution in [1.82, 2.24) is 0 Å². The van der Waals surface area contributed by atoms with Crippen LogP contribution in [0.1, 0.15) is 0 Å². The van der Waals surface area contributed by atoms with Gasteiger partial charge in [-0.25, -0.2) is 0 Å². The molecule has 0 aromatic carbocycles. The SMILES string of the molecule is C=COP(=O)([O-])OCC(CN)COP(=O)([O-])O. The van der Waals surface area contributed by atoms with Crippen LogP contribution in [-0.4, -0.2) is 24.7 Å². The molecule has 11 heteroatoms. The maximum atomic E-state index is 10.9. The first-order chi connectivity index (χ1) is 7.70. The molecule has 0 saturated heterocycles. The van der Waals surface area contributed by atoms with Crippen LogP contribution in [0.5, 0.6) is 0 Å². The molecule has 9 nitrogen and oxygen atoms in total. The highest BCUT2D eigenvalue weighted by Crippen LogP contribution is 2.39. The first-order valence-electron chi connectivity index (χ1n) is 4.33. The molecule has 3 atom stereocenters. The first-order valence-corrected chi connectivity index (χ1v) is 7.29. The second kappa shape index (κ2) is 7.25. The molecular formula is C6H13NO8P2-2. The molecule has 0 rings (SSSR count). The van der Waals surface area contributed by atoms with Gasteiger partial charge in [0.05, 0.1) is 19.5 Å². The smallest absolute Gasteiger partial charge is 0.319 e. The van der Waals surface area contributed by atoms with Gasteiger partial charge in [-0.15, -0.1) is 0 Å². The van der Waals surface area contributed by atoms with E-state index in [2.05, 4.69) is 20.2 Å². The minimum absolute atomic E-state index is 0.103. The summed E-state index contributed by atoms with van der Waals surface area (Å²) < 4.78 is 33.7. The molecule has 3 unspecified atom stereocenters. The van der Waals surface area contributed by atoms with Gasteiger partial charge in [0, 0.05) is 5.92 Å². The Kier molecular flexibility index (Phi) is 7.15. The molecule has 0 spiro atoms. The normalized spacial score (nSPS) is 20.0. The van der Waals surface area contributed by atoms with E-state index in [1.807, 2.05) is 0 Å². The molecular weight excluding hydrogens is 276 g/mol. The lowest BCUT2D eigenvalue weighted by atomic mass is 10.2. The number of nitrogens with two attached hydrogens (primary N) is 1. The van der Waals surface area contributed by atoms with E-state index in [0.717, 1.165) is 0 Å². The van der Waals surface area contributed by atoms with Gasteiger partial charge in [-0.3, -0.25) is 9.13 Å². The molecule has 0 saturated carbocycles. The summed E-state index contributed by atoms with van der Waals surface area (Å²) in [6.07, 6.45) is 0.668. The lowest BCUT2D eigenvalue weighted by molar-refractivity contribution is -0.223.